The molecule has 0 aromatic carbocycles. The highest BCUT2D eigenvalue weighted by atomic mass is 16.5. The number of amides is 1. The molecule has 0 aromatic rings. The van der Waals surface area contributed by atoms with E-state index in [1.807, 2.05) is 4.90 Å². The highest BCUT2D eigenvalue weighted by Crippen LogP contribution is 2.37. The van der Waals surface area contributed by atoms with Gasteiger partial charge in [0.2, 0.25) is 5.91 Å². The first-order chi connectivity index (χ1) is 11.1. The molecule has 23 heavy (non-hydrogen) atoms. The van der Waals surface area contributed by atoms with Crippen LogP contribution in [0.2, 0.25) is 0 Å². The summed E-state index contributed by atoms with van der Waals surface area (Å²) >= 11 is 0. The summed E-state index contributed by atoms with van der Waals surface area (Å²) in [4.78, 5) is 28.3. The van der Waals surface area contributed by atoms with Crippen LogP contribution < -0.4 is 0 Å². The van der Waals surface area contributed by atoms with Crippen LogP contribution in [0.4, 0.5) is 0 Å². The van der Waals surface area contributed by atoms with Gasteiger partial charge in [-0.1, -0.05) is 19.8 Å². The SMILES string of the molecule is CCCCCN1CCCC12CCCN(C(=O)CCC(=O)OC)C2. The third-order valence-corrected chi connectivity index (χ3v) is 5.45. The Morgan fingerprint density at radius 3 is 2.52 bits per heavy atom. The van der Waals surface area contributed by atoms with Gasteiger partial charge in [-0.05, 0) is 45.2 Å². The average molecular weight is 324 g/mol. The number of unbranched alkanes of at least 4 members (excludes halogenated alkanes) is 2. The molecule has 5 nitrogen and oxygen atoms in total. The van der Waals surface area contributed by atoms with Gasteiger partial charge in [-0.2, -0.15) is 0 Å². The van der Waals surface area contributed by atoms with E-state index in [0.29, 0.717) is 0 Å². The molecule has 2 aliphatic heterocycles. The number of nitrogens with zero attached hydrogens (tertiary/aromatic N) is 2. The number of piperidine rings is 1. The number of ether oxygens (including phenoxy) is 1. The lowest BCUT2D eigenvalue weighted by Crippen LogP contribution is -2.57. The smallest absolute Gasteiger partial charge is 0.306 e. The molecule has 0 saturated carbocycles. The summed E-state index contributed by atoms with van der Waals surface area (Å²) in [7, 11) is 1.37. The molecule has 5 heteroatoms. The molecular weight excluding hydrogens is 292 g/mol. The van der Waals surface area contributed by atoms with Gasteiger partial charge in [-0.15, -0.1) is 0 Å². The summed E-state index contributed by atoms with van der Waals surface area (Å²) in [6, 6.07) is 0. The predicted octanol–water partition coefficient (Wildman–Crippen LogP) is 2.59. The number of hydrogen-bond acceptors (Lipinski definition) is 4. The Kier molecular flexibility index (Phi) is 6.88. The average Bonchev–Trinajstić information content (AvgIpc) is 2.94. The predicted molar refractivity (Wildman–Crippen MR) is 90.1 cm³/mol. The van der Waals surface area contributed by atoms with E-state index < -0.39 is 0 Å². The van der Waals surface area contributed by atoms with Crippen LogP contribution in [0.25, 0.3) is 0 Å². The topological polar surface area (TPSA) is 49.9 Å². The van der Waals surface area contributed by atoms with Gasteiger partial charge in [-0.3, -0.25) is 14.5 Å². The zero-order valence-corrected chi connectivity index (χ0v) is 14.8. The summed E-state index contributed by atoms with van der Waals surface area (Å²) in [5.41, 5.74) is 0.201. The van der Waals surface area contributed by atoms with Crippen molar-refractivity contribution < 1.29 is 14.3 Å². The third-order valence-electron chi connectivity index (χ3n) is 5.45. The van der Waals surface area contributed by atoms with Crippen LogP contribution in [0.5, 0.6) is 0 Å². The van der Waals surface area contributed by atoms with E-state index in [2.05, 4.69) is 16.6 Å². The highest BCUT2D eigenvalue weighted by molar-refractivity contribution is 5.81. The van der Waals surface area contributed by atoms with Crippen molar-refractivity contribution in [2.24, 2.45) is 0 Å². The highest BCUT2D eigenvalue weighted by Gasteiger charge is 2.44. The minimum atomic E-state index is -0.299. The van der Waals surface area contributed by atoms with Crippen LogP contribution in [0.1, 0.15) is 64.7 Å². The molecule has 1 unspecified atom stereocenters. The quantitative estimate of drug-likeness (QED) is 0.533. The first-order valence-electron chi connectivity index (χ1n) is 9.21. The fourth-order valence-corrected chi connectivity index (χ4v) is 4.15. The van der Waals surface area contributed by atoms with Crippen LogP contribution in [-0.4, -0.2) is 60.5 Å². The molecule has 132 valence electrons. The monoisotopic (exact) mass is 324 g/mol. The minimum absolute atomic E-state index is 0.106. The van der Waals surface area contributed by atoms with Crippen molar-refractivity contribution in [2.75, 3.05) is 33.3 Å². The summed E-state index contributed by atoms with van der Waals surface area (Å²) in [5, 5.41) is 0. The summed E-state index contributed by atoms with van der Waals surface area (Å²) in [6.07, 6.45) is 9.00. The van der Waals surface area contributed by atoms with E-state index in [1.54, 1.807) is 0 Å². The second-order valence-electron chi connectivity index (χ2n) is 7.02. The molecule has 2 saturated heterocycles. The molecule has 0 bridgehead atoms. The third kappa shape index (κ3) is 4.69. The number of methoxy groups -OCH3 is 1. The second-order valence-corrected chi connectivity index (χ2v) is 7.02. The molecule has 0 aromatic heterocycles. The lowest BCUT2D eigenvalue weighted by molar-refractivity contribution is -0.144. The number of carbonyl (C=O) groups is 2. The van der Waals surface area contributed by atoms with Crippen LogP contribution in [0.15, 0.2) is 0 Å². The van der Waals surface area contributed by atoms with Crippen LogP contribution in [0.3, 0.4) is 0 Å². The van der Waals surface area contributed by atoms with Crippen molar-refractivity contribution in [1.82, 2.24) is 9.80 Å². The maximum atomic E-state index is 12.4. The Bertz CT molecular complexity index is 413. The largest absolute Gasteiger partial charge is 0.469 e. The molecule has 1 atom stereocenters. The van der Waals surface area contributed by atoms with Crippen molar-refractivity contribution in [2.45, 2.75) is 70.3 Å². The van der Waals surface area contributed by atoms with Crippen molar-refractivity contribution in [3.63, 3.8) is 0 Å². The van der Waals surface area contributed by atoms with E-state index in [4.69, 9.17) is 0 Å². The first kappa shape index (κ1) is 18.2. The second kappa shape index (κ2) is 8.67. The van der Waals surface area contributed by atoms with E-state index in [9.17, 15) is 9.59 Å². The summed E-state index contributed by atoms with van der Waals surface area (Å²) in [6.45, 7) is 6.26. The van der Waals surface area contributed by atoms with E-state index in [1.165, 1.54) is 52.2 Å². The lowest BCUT2D eigenvalue weighted by Gasteiger charge is -2.46. The molecule has 1 amide bonds. The normalized spacial score (nSPS) is 25.0. The van der Waals surface area contributed by atoms with Crippen molar-refractivity contribution >= 4 is 11.9 Å². The van der Waals surface area contributed by atoms with E-state index in [0.717, 1.165) is 26.1 Å². The minimum Gasteiger partial charge on any atom is -0.469 e. The van der Waals surface area contributed by atoms with Crippen LogP contribution in [0, 0.1) is 0 Å². The van der Waals surface area contributed by atoms with Crippen molar-refractivity contribution in [1.29, 1.82) is 0 Å². The van der Waals surface area contributed by atoms with Gasteiger partial charge in [0.05, 0.1) is 13.5 Å². The Morgan fingerprint density at radius 1 is 1.09 bits per heavy atom. The number of likely N-dealkylation sites (tertiary alicyclic amines) is 2. The van der Waals surface area contributed by atoms with E-state index in [-0.39, 0.29) is 30.3 Å². The maximum Gasteiger partial charge on any atom is 0.306 e. The zero-order valence-electron chi connectivity index (χ0n) is 14.8. The molecule has 2 aliphatic rings. The Balaban J connectivity index is 1.90. The van der Waals surface area contributed by atoms with Gasteiger partial charge in [0.15, 0.2) is 0 Å². The van der Waals surface area contributed by atoms with Gasteiger partial charge in [0.1, 0.15) is 0 Å². The van der Waals surface area contributed by atoms with Crippen LogP contribution >= 0.6 is 0 Å². The molecule has 1 spiro atoms. The van der Waals surface area contributed by atoms with Gasteiger partial charge in [-0.25, -0.2) is 0 Å². The Morgan fingerprint density at radius 2 is 1.83 bits per heavy atom. The molecule has 2 fully saturated rings. The first-order valence-corrected chi connectivity index (χ1v) is 9.21. The Hall–Kier alpha value is -1.10. The van der Waals surface area contributed by atoms with Gasteiger partial charge in [0, 0.05) is 25.0 Å². The number of esters is 1. The Labute approximate surface area is 140 Å². The standard InChI is InChI=1S/C18H32N2O3/c1-3-4-5-13-20-14-7-11-18(20)10-6-12-19(15-18)16(21)8-9-17(22)23-2/h3-15H2,1-2H3. The van der Waals surface area contributed by atoms with Crippen molar-refractivity contribution in [3.05, 3.63) is 0 Å². The molecule has 0 aliphatic carbocycles. The summed E-state index contributed by atoms with van der Waals surface area (Å²) in [5.74, 6) is -0.193. The van der Waals surface area contributed by atoms with Crippen LogP contribution in [-0.2, 0) is 14.3 Å². The lowest BCUT2D eigenvalue weighted by atomic mass is 9.86. The molecule has 0 N–H and O–H groups in total. The molecule has 2 rings (SSSR count). The zero-order chi connectivity index (χ0) is 16.7. The fourth-order valence-electron chi connectivity index (χ4n) is 4.15. The maximum absolute atomic E-state index is 12.4. The number of hydrogen-bond donors (Lipinski definition) is 0. The fraction of sp³-hybridized carbons (Fsp3) is 0.889. The van der Waals surface area contributed by atoms with Gasteiger partial charge >= 0.3 is 5.97 Å². The van der Waals surface area contributed by atoms with E-state index >= 15 is 0 Å². The molecular formula is C18H32N2O3. The molecule has 0 radical (unpaired) electrons. The number of rotatable bonds is 7. The van der Waals surface area contributed by atoms with Gasteiger partial charge < -0.3 is 9.64 Å². The number of carbonyl (C=O) groups excluding carboxylic acids is 2. The van der Waals surface area contributed by atoms with Gasteiger partial charge in [0.25, 0.3) is 0 Å². The molecule has 2 heterocycles. The summed E-state index contributed by atoms with van der Waals surface area (Å²) < 4.78 is 4.64. The van der Waals surface area contributed by atoms with Crippen molar-refractivity contribution in [3.8, 4) is 0 Å².